The molecule has 1 fully saturated rings. The van der Waals surface area contributed by atoms with Gasteiger partial charge in [-0.15, -0.1) is 0 Å². The van der Waals surface area contributed by atoms with Crippen LogP contribution in [0.1, 0.15) is 13.3 Å². The van der Waals surface area contributed by atoms with Gasteiger partial charge in [-0.2, -0.15) is 0 Å². The molecule has 1 saturated heterocycles. The van der Waals surface area contributed by atoms with Crippen LogP contribution in [0.25, 0.3) is 0 Å². The maximum absolute atomic E-state index is 9.54. The molecule has 0 unspecified atom stereocenters. The number of hydrogen-bond acceptors (Lipinski definition) is 3. The Hall–Kier alpha value is -0.851. The minimum absolute atomic E-state index is 0.0362. The molecule has 0 radical (unpaired) electrons. The van der Waals surface area contributed by atoms with Gasteiger partial charge in [0.1, 0.15) is 0 Å². The molecule has 1 heterocycles. The van der Waals surface area contributed by atoms with Crippen LogP contribution in [0.2, 0.25) is 4.82 Å². The van der Waals surface area contributed by atoms with E-state index >= 15 is 0 Å². The molecule has 0 aromatic heterocycles. The molecule has 0 amide bonds. The first kappa shape index (κ1) is 14.6. The maximum atomic E-state index is 9.54. The summed E-state index contributed by atoms with van der Waals surface area (Å²) in [5, 5.41) is 9.54. The molecule has 2 atom stereocenters. The Morgan fingerprint density at radius 3 is 2.58 bits per heavy atom. The van der Waals surface area contributed by atoms with Gasteiger partial charge in [0.15, 0.2) is 0 Å². The van der Waals surface area contributed by atoms with Crippen LogP contribution < -0.4 is 4.46 Å². The first-order chi connectivity index (χ1) is 9.35. The number of hydrogen-bond donors (Lipinski definition) is 0. The number of nitriles is 1. The fraction of sp³-hybridized carbons (Fsp3) is 0.533. The zero-order valence-corrected chi connectivity index (χ0v) is 13.0. The number of ether oxygens (including phenoxy) is 1. The average molecular weight is 323 g/mol. The molecule has 1 aliphatic heterocycles. The van der Waals surface area contributed by atoms with E-state index in [2.05, 4.69) is 42.2 Å². The van der Waals surface area contributed by atoms with Crippen LogP contribution in [0, 0.1) is 11.3 Å². The molecular weight excluding hydrogens is 303 g/mol. The zero-order chi connectivity index (χ0) is 13.5. The summed E-state index contributed by atoms with van der Waals surface area (Å²) < 4.78 is 6.76. The summed E-state index contributed by atoms with van der Waals surface area (Å²) in [6, 6.07) is 13.1. The van der Waals surface area contributed by atoms with Crippen LogP contribution in [0.15, 0.2) is 30.3 Å². The Morgan fingerprint density at radius 2 is 2.00 bits per heavy atom. The van der Waals surface area contributed by atoms with Crippen LogP contribution in [0.3, 0.4) is 0 Å². The standard InChI is InChI=1S/C15H20N2OSe/c1-2-15(19-13-6-4-3-5-7-13)14(12-16)17-8-10-18-11-9-17/h3-7,14-15H,2,8-11H2,1H3/t14-,15-/m0/s1. The summed E-state index contributed by atoms with van der Waals surface area (Å²) >= 11 is 0.356. The van der Waals surface area contributed by atoms with Gasteiger partial charge in [0.05, 0.1) is 0 Å². The predicted molar refractivity (Wildman–Crippen MR) is 77.7 cm³/mol. The molecule has 3 nitrogen and oxygen atoms in total. The summed E-state index contributed by atoms with van der Waals surface area (Å²) in [6.45, 7) is 5.49. The van der Waals surface area contributed by atoms with Crippen molar-refractivity contribution in [2.75, 3.05) is 26.3 Å². The summed E-state index contributed by atoms with van der Waals surface area (Å²) in [5.74, 6) is 0. The Balaban J connectivity index is 2.04. The topological polar surface area (TPSA) is 36.3 Å². The van der Waals surface area contributed by atoms with E-state index in [4.69, 9.17) is 4.74 Å². The van der Waals surface area contributed by atoms with Gasteiger partial charge < -0.3 is 0 Å². The van der Waals surface area contributed by atoms with E-state index in [0.717, 1.165) is 32.7 Å². The molecule has 0 spiro atoms. The predicted octanol–water partition coefficient (Wildman–Crippen LogP) is 1.44. The van der Waals surface area contributed by atoms with Crippen molar-refractivity contribution in [3.63, 3.8) is 0 Å². The molecule has 2 rings (SSSR count). The molecule has 1 aliphatic rings. The van der Waals surface area contributed by atoms with Crippen molar-refractivity contribution in [2.45, 2.75) is 24.2 Å². The third-order valence-electron chi connectivity index (χ3n) is 3.36. The number of nitrogens with zero attached hydrogens (tertiary/aromatic N) is 2. The SMILES string of the molecule is CC[C@H]([Se]c1ccccc1)[C@H](C#N)N1CCOCC1. The third kappa shape index (κ3) is 4.06. The molecule has 0 saturated carbocycles. The monoisotopic (exact) mass is 324 g/mol. The first-order valence-electron chi connectivity index (χ1n) is 6.78. The van der Waals surface area contributed by atoms with Gasteiger partial charge in [0.2, 0.25) is 0 Å². The molecule has 102 valence electrons. The number of morpholine rings is 1. The Kier molecular flexibility index (Phi) is 5.88. The van der Waals surface area contributed by atoms with E-state index in [1.807, 2.05) is 6.07 Å². The molecule has 0 bridgehead atoms. The quantitative estimate of drug-likeness (QED) is 0.770. The van der Waals surface area contributed by atoms with E-state index in [0.29, 0.717) is 19.8 Å². The molecule has 0 N–H and O–H groups in total. The molecule has 1 aromatic carbocycles. The summed E-state index contributed by atoms with van der Waals surface area (Å²) in [7, 11) is 0. The Morgan fingerprint density at radius 1 is 1.32 bits per heavy atom. The molecule has 0 aliphatic carbocycles. The molecule has 1 aromatic rings. The summed E-state index contributed by atoms with van der Waals surface area (Å²) in [6.07, 6.45) is 1.06. The van der Waals surface area contributed by atoms with E-state index in [1.165, 1.54) is 4.46 Å². The van der Waals surface area contributed by atoms with Gasteiger partial charge >= 0.3 is 121 Å². The van der Waals surface area contributed by atoms with Gasteiger partial charge in [-0.1, -0.05) is 0 Å². The summed E-state index contributed by atoms with van der Waals surface area (Å²) in [5.41, 5.74) is 0. The van der Waals surface area contributed by atoms with Crippen LogP contribution in [-0.2, 0) is 4.74 Å². The number of benzene rings is 1. The van der Waals surface area contributed by atoms with Crippen molar-refractivity contribution in [1.82, 2.24) is 4.90 Å². The normalized spacial score (nSPS) is 19.6. The van der Waals surface area contributed by atoms with Crippen LogP contribution >= 0.6 is 0 Å². The van der Waals surface area contributed by atoms with Crippen molar-refractivity contribution < 1.29 is 4.74 Å². The molecular formula is C15H20N2OSe. The van der Waals surface area contributed by atoms with Crippen LogP contribution in [-0.4, -0.2) is 52.2 Å². The Bertz CT molecular complexity index is 412. The van der Waals surface area contributed by atoms with Gasteiger partial charge in [0, 0.05) is 0 Å². The third-order valence-corrected chi connectivity index (χ3v) is 6.37. The fourth-order valence-corrected chi connectivity index (χ4v) is 4.80. The van der Waals surface area contributed by atoms with Gasteiger partial charge in [0.25, 0.3) is 0 Å². The summed E-state index contributed by atoms with van der Waals surface area (Å²) in [4.78, 5) is 2.75. The zero-order valence-electron chi connectivity index (χ0n) is 11.3. The van der Waals surface area contributed by atoms with Crippen molar-refractivity contribution >= 4 is 19.4 Å². The van der Waals surface area contributed by atoms with Crippen molar-refractivity contribution in [3.8, 4) is 6.07 Å². The average Bonchev–Trinajstić information content (AvgIpc) is 2.49. The fourth-order valence-electron chi connectivity index (χ4n) is 2.30. The van der Waals surface area contributed by atoms with Crippen LogP contribution in [0.5, 0.6) is 0 Å². The van der Waals surface area contributed by atoms with E-state index < -0.39 is 0 Å². The van der Waals surface area contributed by atoms with Gasteiger partial charge in [-0.05, 0) is 0 Å². The van der Waals surface area contributed by atoms with E-state index in [-0.39, 0.29) is 6.04 Å². The minimum atomic E-state index is 0.0362. The van der Waals surface area contributed by atoms with Gasteiger partial charge in [-0.25, -0.2) is 0 Å². The van der Waals surface area contributed by atoms with Crippen molar-refractivity contribution in [2.24, 2.45) is 0 Å². The Labute approximate surface area is 121 Å². The second-order valence-corrected chi connectivity index (χ2v) is 7.35. The van der Waals surface area contributed by atoms with E-state index in [9.17, 15) is 5.26 Å². The second-order valence-electron chi connectivity index (χ2n) is 4.60. The molecule has 4 heteroatoms. The first-order valence-corrected chi connectivity index (χ1v) is 8.63. The van der Waals surface area contributed by atoms with Crippen LogP contribution in [0.4, 0.5) is 0 Å². The molecule has 19 heavy (non-hydrogen) atoms. The van der Waals surface area contributed by atoms with Crippen molar-refractivity contribution in [3.05, 3.63) is 30.3 Å². The second kappa shape index (κ2) is 7.67. The number of rotatable bonds is 5. The van der Waals surface area contributed by atoms with Gasteiger partial charge in [-0.3, -0.25) is 0 Å². The van der Waals surface area contributed by atoms with Crippen molar-refractivity contribution in [1.29, 1.82) is 5.26 Å². The van der Waals surface area contributed by atoms with E-state index in [1.54, 1.807) is 0 Å².